The van der Waals surface area contributed by atoms with E-state index in [0.717, 1.165) is 6.54 Å². The molecule has 0 spiro atoms. The van der Waals surface area contributed by atoms with E-state index in [1.807, 2.05) is 0 Å². The van der Waals surface area contributed by atoms with E-state index in [0.29, 0.717) is 0 Å². The third-order valence-corrected chi connectivity index (χ3v) is 2.74. The fraction of sp³-hybridized carbons (Fsp3) is 0.333. The maximum Gasteiger partial charge on any atom is 0.0716 e. The summed E-state index contributed by atoms with van der Waals surface area (Å²) in [4.78, 5) is 0. The van der Waals surface area contributed by atoms with Crippen LogP contribution in [0.1, 0.15) is 17.1 Å². The Hall–Kier alpha value is -1.64. The number of hydrogen-bond acceptors (Lipinski definition) is 1. The second-order valence-electron chi connectivity index (χ2n) is 3.90. The first-order valence-electron chi connectivity index (χ1n) is 5.17. The summed E-state index contributed by atoms with van der Waals surface area (Å²) in [6.45, 7) is 5.05. The molecule has 3 nitrogen and oxygen atoms in total. The molecule has 3 heteroatoms. The van der Waals surface area contributed by atoms with Gasteiger partial charge in [0.2, 0.25) is 0 Å². The van der Waals surface area contributed by atoms with E-state index in [-0.39, 0.29) is 0 Å². The Morgan fingerprint density at radius 3 is 2.33 bits per heavy atom. The summed E-state index contributed by atoms with van der Waals surface area (Å²) in [5, 5.41) is 0. The summed E-state index contributed by atoms with van der Waals surface area (Å²) in [6.07, 6.45) is 2.06. The van der Waals surface area contributed by atoms with E-state index >= 15 is 0 Å². The first kappa shape index (κ1) is 9.90. The van der Waals surface area contributed by atoms with Gasteiger partial charge in [0.05, 0.1) is 6.54 Å². The molecule has 0 aliphatic rings. The predicted octanol–water partition coefficient (Wildman–Crippen LogP) is 2.19. The zero-order valence-corrected chi connectivity index (χ0v) is 9.49. The van der Waals surface area contributed by atoms with Crippen LogP contribution in [0.15, 0.2) is 30.5 Å². The minimum Gasteiger partial charge on any atom is -0.353 e. The van der Waals surface area contributed by atoms with E-state index < -0.39 is 0 Å². The molecule has 0 bridgehead atoms. The van der Waals surface area contributed by atoms with Gasteiger partial charge in [-0.2, -0.15) is 0 Å². The highest BCUT2D eigenvalue weighted by atomic mass is 15.4. The van der Waals surface area contributed by atoms with Crippen molar-refractivity contribution < 1.29 is 0 Å². The number of rotatable bonds is 3. The summed E-state index contributed by atoms with van der Waals surface area (Å²) in [5.74, 6) is 0. The third kappa shape index (κ3) is 1.91. The zero-order chi connectivity index (χ0) is 10.8. The molecule has 0 fully saturated rings. The smallest absolute Gasteiger partial charge is 0.0716 e. The van der Waals surface area contributed by atoms with Gasteiger partial charge in [-0.1, -0.05) is 0 Å². The van der Waals surface area contributed by atoms with Gasteiger partial charge in [0.25, 0.3) is 0 Å². The SMILES string of the molecule is Cc1ccc(C)n1NCc1cccn1C. The van der Waals surface area contributed by atoms with Crippen molar-refractivity contribution in [2.24, 2.45) is 7.05 Å². The predicted molar refractivity (Wildman–Crippen MR) is 62.4 cm³/mol. The third-order valence-electron chi connectivity index (χ3n) is 2.74. The van der Waals surface area contributed by atoms with Crippen molar-refractivity contribution >= 4 is 0 Å². The van der Waals surface area contributed by atoms with Crippen molar-refractivity contribution in [2.75, 3.05) is 5.43 Å². The van der Waals surface area contributed by atoms with Gasteiger partial charge in [-0.05, 0) is 38.1 Å². The summed E-state index contributed by atoms with van der Waals surface area (Å²) >= 11 is 0. The maximum absolute atomic E-state index is 3.40. The van der Waals surface area contributed by atoms with E-state index in [1.54, 1.807) is 0 Å². The Balaban J connectivity index is 2.08. The van der Waals surface area contributed by atoms with E-state index in [2.05, 4.69) is 66.0 Å². The Kier molecular flexibility index (Phi) is 2.54. The van der Waals surface area contributed by atoms with Crippen LogP contribution in [-0.2, 0) is 13.6 Å². The highest BCUT2D eigenvalue weighted by Crippen LogP contribution is 2.06. The lowest BCUT2D eigenvalue weighted by Crippen LogP contribution is -2.18. The largest absolute Gasteiger partial charge is 0.353 e. The fourth-order valence-electron chi connectivity index (χ4n) is 1.76. The quantitative estimate of drug-likeness (QED) is 0.811. The summed E-state index contributed by atoms with van der Waals surface area (Å²) in [6, 6.07) is 8.42. The van der Waals surface area contributed by atoms with Crippen LogP contribution in [0.3, 0.4) is 0 Å². The van der Waals surface area contributed by atoms with Crippen molar-refractivity contribution in [1.82, 2.24) is 9.24 Å². The van der Waals surface area contributed by atoms with Crippen LogP contribution in [0.25, 0.3) is 0 Å². The molecule has 2 aromatic rings. The van der Waals surface area contributed by atoms with E-state index in [4.69, 9.17) is 0 Å². The van der Waals surface area contributed by atoms with Crippen LogP contribution in [0.5, 0.6) is 0 Å². The van der Waals surface area contributed by atoms with Gasteiger partial charge in [0.15, 0.2) is 0 Å². The van der Waals surface area contributed by atoms with Gasteiger partial charge in [0, 0.05) is 30.3 Å². The summed E-state index contributed by atoms with van der Waals surface area (Å²) < 4.78 is 4.24. The topological polar surface area (TPSA) is 21.9 Å². The average Bonchev–Trinajstić information content (AvgIpc) is 2.73. The molecule has 0 saturated carbocycles. The van der Waals surface area contributed by atoms with Crippen LogP contribution < -0.4 is 5.43 Å². The zero-order valence-electron chi connectivity index (χ0n) is 9.49. The average molecular weight is 203 g/mol. The molecule has 0 aromatic carbocycles. The molecule has 0 aliphatic heterocycles. The van der Waals surface area contributed by atoms with Gasteiger partial charge in [-0.15, -0.1) is 0 Å². The van der Waals surface area contributed by atoms with Gasteiger partial charge in [-0.25, -0.2) is 0 Å². The second kappa shape index (κ2) is 3.85. The van der Waals surface area contributed by atoms with E-state index in [9.17, 15) is 0 Å². The molecule has 80 valence electrons. The highest BCUT2D eigenvalue weighted by molar-refractivity contribution is 5.16. The first-order chi connectivity index (χ1) is 7.18. The Morgan fingerprint density at radius 2 is 1.80 bits per heavy atom. The molecule has 1 N–H and O–H groups in total. The van der Waals surface area contributed by atoms with Crippen LogP contribution in [0, 0.1) is 13.8 Å². The van der Waals surface area contributed by atoms with E-state index in [1.165, 1.54) is 17.1 Å². The summed E-state index contributed by atoms with van der Waals surface area (Å²) in [5.41, 5.74) is 7.16. The molecule has 0 radical (unpaired) electrons. The second-order valence-corrected chi connectivity index (χ2v) is 3.90. The number of nitrogens with one attached hydrogen (secondary N) is 1. The van der Waals surface area contributed by atoms with Crippen molar-refractivity contribution in [3.05, 3.63) is 47.5 Å². The van der Waals surface area contributed by atoms with Gasteiger partial charge >= 0.3 is 0 Å². The van der Waals surface area contributed by atoms with Gasteiger partial charge in [0.1, 0.15) is 0 Å². The molecule has 0 aliphatic carbocycles. The van der Waals surface area contributed by atoms with Crippen molar-refractivity contribution in [1.29, 1.82) is 0 Å². The van der Waals surface area contributed by atoms with Gasteiger partial charge in [-0.3, -0.25) is 4.68 Å². The molecule has 0 saturated heterocycles. The molecule has 0 amide bonds. The van der Waals surface area contributed by atoms with Crippen molar-refractivity contribution in [2.45, 2.75) is 20.4 Å². The van der Waals surface area contributed by atoms with Crippen molar-refractivity contribution in [3.8, 4) is 0 Å². The molecule has 0 unspecified atom stereocenters. The molecule has 2 heterocycles. The monoisotopic (exact) mass is 203 g/mol. The number of aromatic nitrogens is 2. The van der Waals surface area contributed by atoms with Crippen LogP contribution in [0.4, 0.5) is 0 Å². The molecule has 2 aromatic heterocycles. The lowest BCUT2D eigenvalue weighted by atomic mass is 10.4. The molecule has 0 atom stereocenters. The Morgan fingerprint density at radius 1 is 1.13 bits per heavy atom. The van der Waals surface area contributed by atoms with Gasteiger partial charge < -0.3 is 9.99 Å². The Labute approximate surface area is 90.3 Å². The Bertz CT molecular complexity index is 432. The van der Waals surface area contributed by atoms with Crippen LogP contribution in [-0.4, -0.2) is 9.24 Å². The van der Waals surface area contributed by atoms with Crippen molar-refractivity contribution in [3.63, 3.8) is 0 Å². The highest BCUT2D eigenvalue weighted by Gasteiger charge is 2.01. The lowest BCUT2D eigenvalue weighted by Gasteiger charge is -2.12. The number of hydrogen-bond donors (Lipinski definition) is 1. The molecule has 2 rings (SSSR count). The minimum absolute atomic E-state index is 0.847. The molecular formula is C12H17N3. The number of aryl methyl sites for hydroxylation is 3. The molecule has 15 heavy (non-hydrogen) atoms. The standard InChI is InChI=1S/C12H17N3/c1-10-6-7-11(2)15(10)13-9-12-5-4-8-14(12)3/h4-8,13H,9H2,1-3H3. The lowest BCUT2D eigenvalue weighted by molar-refractivity contribution is 0.747. The molecular weight excluding hydrogens is 186 g/mol. The maximum atomic E-state index is 3.40. The van der Waals surface area contributed by atoms with Crippen LogP contribution >= 0.6 is 0 Å². The summed E-state index contributed by atoms with van der Waals surface area (Å²) in [7, 11) is 2.06. The minimum atomic E-state index is 0.847. The first-order valence-corrected chi connectivity index (χ1v) is 5.17. The number of nitrogens with zero attached hydrogens (tertiary/aromatic N) is 2. The van der Waals surface area contributed by atoms with Crippen LogP contribution in [0.2, 0.25) is 0 Å². The normalized spacial score (nSPS) is 10.6. The fourth-order valence-corrected chi connectivity index (χ4v) is 1.76.